The molecule has 10 heterocycles. The van der Waals surface area contributed by atoms with Crippen LogP contribution in [0.25, 0.3) is 22.3 Å². The van der Waals surface area contributed by atoms with Gasteiger partial charge in [-0.1, -0.05) is 0 Å². The molecule has 15 atom stereocenters. The zero-order chi connectivity index (χ0) is 56.3. The van der Waals surface area contributed by atoms with E-state index in [4.69, 9.17) is 63.3 Å². The lowest BCUT2D eigenvalue weighted by molar-refractivity contribution is -0.0626. The van der Waals surface area contributed by atoms with Crippen molar-refractivity contribution in [1.29, 1.82) is 0 Å². The number of anilines is 3. The molecule has 0 aliphatic carbocycles. The summed E-state index contributed by atoms with van der Waals surface area (Å²) < 4.78 is 102. The number of phosphoric acid groups is 3. The molecule has 0 aromatic carbocycles. The van der Waals surface area contributed by atoms with Crippen molar-refractivity contribution in [2.24, 2.45) is 0 Å². The first-order valence-electron chi connectivity index (χ1n) is 23.6. The molecule has 0 bridgehead atoms. The minimum absolute atomic E-state index is 0.00374. The van der Waals surface area contributed by atoms with Crippen LogP contribution in [0.3, 0.4) is 0 Å². The topological polar surface area (TPSA) is 520 Å². The molecule has 4 aliphatic rings. The van der Waals surface area contributed by atoms with Crippen LogP contribution in [0, 0.1) is 6.92 Å². The van der Waals surface area contributed by atoms with Gasteiger partial charge in [0.2, 0.25) is 5.95 Å². The number of H-pyrrole nitrogens is 2. The zero-order valence-corrected chi connectivity index (χ0v) is 43.5. The van der Waals surface area contributed by atoms with Crippen molar-refractivity contribution in [1.82, 2.24) is 58.1 Å². The van der Waals surface area contributed by atoms with E-state index in [-0.39, 0.29) is 71.2 Å². The summed E-state index contributed by atoms with van der Waals surface area (Å²) in [6.45, 7) is -1.85. The van der Waals surface area contributed by atoms with E-state index in [2.05, 4.69) is 39.9 Å². The largest absolute Gasteiger partial charge is 0.472 e. The number of phosphoric ester groups is 3. The Balaban J connectivity index is 0.843. The van der Waals surface area contributed by atoms with E-state index in [0.717, 1.165) is 21.8 Å². The van der Waals surface area contributed by atoms with Gasteiger partial charge < -0.3 is 61.0 Å². The number of nitrogens with one attached hydrogen (secondary N) is 2. The Morgan fingerprint density at radius 1 is 0.646 bits per heavy atom. The van der Waals surface area contributed by atoms with Crippen LogP contribution in [-0.2, 0) is 59.8 Å². The molecule has 40 heteroatoms. The number of hydrogen-bond acceptors (Lipinski definition) is 28. The van der Waals surface area contributed by atoms with Gasteiger partial charge in [-0.25, -0.2) is 43.2 Å². The maximum atomic E-state index is 14.0. The van der Waals surface area contributed by atoms with Crippen molar-refractivity contribution in [2.75, 3.05) is 43.6 Å². The minimum Gasteiger partial charge on any atom is -0.394 e. The van der Waals surface area contributed by atoms with Gasteiger partial charge in [0.15, 0.2) is 22.6 Å². The van der Waals surface area contributed by atoms with E-state index < -0.39 is 146 Å². The summed E-state index contributed by atoms with van der Waals surface area (Å²) in [5.41, 5.74) is 14.6. The summed E-state index contributed by atoms with van der Waals surface area (Å²) in [6, 6.07) is 1.32. The average Bonchev–Trinajstić information content (AvgIpc) is 4.42. The molecule has 4 fully saturated rings. The van der Waals surface area contributed by atoms with Crippen molar-refractivity contribution >= 4 is 63.4 Å². The molecule has 37 nitrogen and oxygen atoms in total. The summed E-state index contributed by atoms with van der Waals surface area (Å²) in [6.07, 6.45) is -10.9. The van der Waals surface area contributed by atoms with Gasteiger partial charge in [0.25, 0.3) is 11.1 Å². The van der Waals surface area contributed by atoms with Crippen LogP contribution in [0.15, 0.2) is 56.6 Å². The average molecular weight is 1170 g/mol. The van der Waals surface area contributed by atoms with Crippen molar-refractivity contribution in [2.45, 2.75) is 106 Å². The molecule has 10 rings (SSSR count). The van der Waals surface area contributed by atoms with Crippen molar-refractivity contribution < 1.29 is 84.7 Å². The molecule has 428 valence electrons. The number of nitrogens with two attached hydrogens (primary N) is 3. The molecular weight excluding hydrogens is 1120 g/mol. The number of aromatic nitrogens is 12. The molecule has 4 saturated heterocycles. The Morgan fingerprint density at radius 2 is 1.16 bits per heavy atom. The number of nitrogen functional groups attached to an aromatic ring is 3. The maximum Gasteiger partial charge on any atom is 0.472 e. The fraction of sp³-hybridized carbons (Fsp3) is 0.538. The second kappa shape index (κ2) is 22.1. The normalized spacial score (nSPS) is 29.5. The number of aliphatic hydroxyl groups excluding tert-OH is 2. The van der Waals surface area contributed by atoms with Crippen LogP contribution in [-0.4, -0.2) is 158 Å². The third-order valence-electron chi connectivity index (χ3n) is 13.0. The third kappa shape index (κ3) is 12.2. The monoisotopic (exact) mass is 1170 g/mol. The molecular formula is C39H50N15O22P3. The van der Waals surface area contributed by atoms with Gasteiger partial charge in [0.05, 0.1) is 45.2 Å². The SMILES string of the molecule is Cc1cn([C@H]2C[C@H](O)[C@@H](COP(=O)(O)O[C@H]3C[C@H](n4cnc5c(=O)[nH]c(N)nc54)O[C@@H]3COP(=O)(O)O[C@H]3C[C@H](n4cnc5c(N)ncnc54)O[C@@H]3COP(=O)(O)O[C@H]3C[C@H](n4ccc(N)nc4=O)O[C@@H]3CO)O2)c(=O)[nH]c1=O. The summed E-state index contributed by atoms with van der Waals surface area (Å²) in [7, 11) is -15.7. The Hall–Kier alpha value is -6.05. The molecule has 13 N–H and O–H groups in total. The van der Waals surface area contributed by atoms with Gasteiger partial charge in [0, 0.05) is 43.6 Å². The fourth-order valence-electron chi connectivity index (χ4n) is 9.23. The zero-order valence-electron chi connectivity index (χ0n) is 40.8. The third-order valence-corrected chi connectivity index (χ3v) is 16.1. The number of rotatable bonds is 20. The molecule has 4 aliphatic heterocycles. The van der Waals surface area contributed by atoms with E-state index >= 15 is 0 Å². The predicted octanol–water partition coefficient (Wildman–Crippen LogP) is -2.17. The molecule has 79 heavy (non-hydrogen) atoms. The number of ether oxygens (including phenoxy) is 4. The molecule has 3 unspecified atom stereocenters. The lowest BCUT2D eigenvalue weighted by Crippen LogP contribution is -2.33. The first-order valence-corrected chi connectivity index (χ1v) is 28.1. The summed E-state index contributed by atoms with van der Waals surface area (Å²) in [5, 5.41) is 20.8. The number of fused-ring (bicyclic) bond motifs is 2. The molecule has 0 amide bonds. The van der Waals surface area contributed by atoms with Crippen LogP contribution in [0.2, 0.25) is 0 Å². The molecule has 6 aromatic rings. The highest BCUT2D eigenvalue weighted by atomic mass is 31.2. The van der Waals surface area contributed by atoms with E-state index in [1.165, 1.54) is 40.8 Å². The van der Waals surface area contributed by atoms with Crippen LogP contribution in [0.5, 0.6) is 0 Å². The molecule has 0 saturated carbocycles. The Bertz CT molecular complexity index is 3650. The van der Waals surface area contributed by atoms with Crippen LogP contribution in [0.1, 0.15) is 56.2 Å². The van der Waals surface area contributed by atoms with Crippen molar-refractivity contribution in [3.8, 4) is 0 Å². The van der Waals surface area contributed by atoms with Crippen LogP contribution < -0.4 is 39.7 Å². The van der Waals surface area contributed by atoms with E-state index in [1.54, 1.807) is 0 Å². The van der Waals surface area contributed by atoms with Crippen molar-refractivity contribution in [3.05, 3.63) is 84.7 Å². The molecule has 0 radical (unpaired) electrons. The fourth-order valence-corrected chi connectivity index (χ4v) is 12.1. The lowest BCUT2D eigenvalue weighted by atomic mass is 10.2. The first kappa shape index (κ1) is 56.2. The Morgan fingerprint density at radius 3 is 1.76 bits per heavy atom. The summed E-state index contributed by atoms with van der Waals surface area (Å²) in [4.78, 5) is 111. The number of aromatic amines is 2. The number of imidazole rings is 2. The van der Waals surface area contributed by atoms with Gasteiger partial charge >= 0.3 is 34.8 Å². The molecule has 0 spiro atoms. The number of aryl methyl sites for hydroxylation is 1. The first-order chi connectivity index (χ1) is 37.4. The second-order valence-corrected chi connectivity index (χ2v) is 22.5. The Kier molecular flexibility index (Phi) is 15.7. The van der Waals surface area contributed by atoms with Gasteiger partial charge in [-0.05, 0) is 13.0 Å². The van der Waals surface area contributed by atoms with Gasteiger partial charge in [0.1, 0.15) is 85.3 Å². The van der Waals surface area contributed by atoms with Gasteiger partial charge in [-0.3, -0.25) is 65.0 Å². The number of nitrogens with zero attached hydrogens (tertiary/aromatic N) is 10. The number of aliphatic hydroxyl groups is 2. The highest BCUT2D eigenvalue weighted by Gasteiger charge is 2.48. The van der Waals surface area contributed by atoms with Gasteiger partial charge in [-0.15, -0.1) is 0 Å². The second-order valence-electron chi connectivity index (χ2n) is 18.3. The van der Waals surface area contributed by atoms with E-state index in [9.17, 15) is 57.8 Å². The summed E-state index contributed by atoms with van der Waals surface area (Å²) in [5.74, 6) is -0.371. The smallest absolute Gasteiger partial charge is 0.394 e. The highest BCUT2D eigenvalue weighted by Crippen LogP contribution is 2.54. The van der Waals surface area contributed by atoms with E-state index in [0.29, 0.717) is 0 Å². The van der Waals surface area contributed by atoms with E-state index in [1.807, 2.05) is 0 Å². The highest BCUT2D eigenvalue weighted by molar-refractivity contribution is 7.48. The van der Waals surface area contributed by atoms with Crippen LogP contribution >= 0.6 is 23.5 Å². The number of hydrogen-bond donors (Lipinski definition) is 10. The van der Waals surface area contributed by atoms with Crippen LogP contribution in [0.4, 0.5) is 17.6 Å². The standard InChI is InChI=1S/C39H50N15O22P3/c1-16-8-52(39(60)50-35(16)57)26-4-17(56)22(71-26)10-67-77(61,62)75-20-7-29(54-15-46-31-34(54)48-37(42)49-36(31)58)73-24(20)12-69-79(65,66)76-19-6-28(53-14-45-30-32(41)43-13-44-33(30)53)72-23(19)11-68-78(63,64)74-18-5-27(70-21(18)9-55)51-3-2-25(40)47-38(51)59/h2-3,8,13-15,17-24,26-29,55-56H,4-7,9-12H2,1H3,(H,61,62)(H,63,64)(H,65,66)(H2,40,47,59)(H2,41,43,44)(H,50,57,60)(H3,42,48,49,58)/t17-,18-,19-,20-,21+,22+,23+,24+,26+,27+,28+,29+/m0/s1. The predicted molar refractivity (Wildman–Crippen MR) is 260 cm³/mol. The molecule has 6 aromatic heterocycles. The maximum absolute atomic E-state index is 14.0. The quantitative estimate of drug-likeness (QED) is 0.0364. The van der Waals surface area contributed by atoms with Crippen molar-refractivity contribution in [3.63, 3.8) is 0 Å². The Labute approximate surface area is 439 Å². The lowest BCUT2D eigenvalue weighted by Gasteiger charge is -2.25. The van der Waals surface area contributed by atoms with Gasteiger partial charge in [-0.2, -0.15) is 9.97 Å². The minimum atomic E-state index is -5.35. The summed E-state index contributed by atoms with van der Waals surface area (Å²) >= 11 is 0.